The highest BCUT2D eigenvalue weighted by atomic mass is 16.5. The molecule has 3 heteroatoms. The smallest absolute Gasteiger partial charge is 0.0916 e. The molecular weight excluding hydrogens is 250 g/mol. The van der Waals surface area contributed by atoms with Crippen LogP contribution < -0.4 is 0 Å². The second-order valence-electron chi connectivity index (χ2n) is 6.49. The third-order valence-corrected chi connectivity index (χ3v) is 3.84. The van der Waals surface area contributed by atoms with Gasteiger partial charge in [-0.1, -0.05) is 31.2 Å². The molecule has 2 rings (SSSR count). The molecule has 1 aromatic rings. The molecular formula is C17H27NO2. The van der Waals surface area contributed by atoms with Crippen LogP contribution in [0.5, 0.6) is 0 Å². The Hall–Kier alpha value is -0.900. The Balaban J connectivity index is 1.97. The molecule has 0 bridgehead atoms. The fourth-order valence-corrected chi connectivity index (χ4v) is 3.05. The van der Waals surface area contributed by atoms with E-state index in [0.29, 0.717) is 6.54 Å². The van der Waals surface area contributed by atoms with Crippen molar-refractivity contribution in [1.82, 2.24) is 4.90 Å². The van der Waals surface area contributed by atoms with Crippen LogP contribution in [0.3, 0.4) is 0 Å². The fourth-order valence-electron chi connectivity index (χ4n) is 3.05. The van der Waals surface area contributed by atoms with E-state index >= 15 is 0 Å². The molecule has 1 aliphatic heterocycles. The van der Waals surface area contributed by atoms with Gasteiger partial charge in [0.2, 0.25) is 0 Å². The van der Waals surface area contributed by atoms with E-state index in [1.165, 1.54) is 5.56 Å². The highest BCUT2D eigenvalue weighted by molar-refractivity contribution is 5.24. The monoisotopic (exact) mass is 277 g/mol. The Labute approximate surface area is 122 Å². The van der Waals surface area contributed by atoms with Gasteiger partial charge >= 0.3 is 0 Å². The number of aliphatic hydroxyl groups is 1. The topological polar surface area (TPSA) is 32.7 Å². The molecule has 0 spiro atoms. The zero-order valence-electron chi connectivity index (χ0n) is 13.1. The summed E-state index contributed by atoms with van der Waals surface area (Å²) in [5.41, 5.74) is 2.17. The Morgan fingerprint density at radius 1 is 1.35 bits per heavy atom. The molecule has 1 saturated heterocycles. The van der Waals surface area contributed by atoms with Crippen molar-refractivity contribution in [2.24, 2.45) is 0 Å². The van der Waals surface area contributed by atoms with Crippen molar-refractivity contribution in [3.05, 3.63) is 35.4 Å². The van der Waals surface area contributed by atoms with Crippen molar-refractivity contribution in [2.75, 3.05) is 19.6 Å². The quantitative estimate of drug-likeness (QED) is 0.918. The van der Waals surface area contributed by atoms with Crippen LogP contribution in [0.4, 0.5) is 0 Å². The highest BCUT2D eigenvalue weighted by Gasteiger charge is 2.32. The van der Waals surface area contributed by atoms with Gasteiger partial charge in [-0.3, -0.25) is 4.90 Å². The molecule has 3 nitrogen and oxygen atoms in total. The number of benzene rings is 1. The molecule has 1 aliphatic rings. The Kier molecular flexibility index (Phi) is 4.84. The fraction of sp³-hybridized carbons (Fsp3) is 0.647. The minimum Gasteiger partial charge on any atom is -0.387 e. The molecule has 112 valence electrons. The lowest BCUT2D eigenvalue weighted by molar-refractivity contribution is -0.133. The van der Waals surface area contributed by atoms with Gasteiger partial charge in [0, 0.05) is 19.6 Å². The number of rotatable bonds is 4. The Morgan fingerprint density at radius 2 is 2.00 bits per heavy atom. The standard InChI is InChI=1S/C17H27NO2/c1-5-14-6-8-15(9-7-14)16(19)11-18-10-13(2)20-17(3,4)12-18/h6-9,13,16,19H,5,10-12H2,1-4H3. The number of β-amino-alcohol motifs (C(OH)–C–C–N with tert-alkyl or cyclic N) is 1. The summed E-state index contributed by atoms with van der Waals surface area (Å²) in [5.74, 6) is 0. The zero-order valence-corrected chi connectivity index (χ0v) is 13.1. The zero-order chi connectivity index (χ0) is 14.8. The second-order valence-corrected chi connectivity index (χ2v) is 6.49. The van der Waals surface area contributed by atoms with Crippen LogP contribution in [-0.2, 0) is 11.2 Å². The van der Waals surface area contributed by atoms with Gasteiger partial charge in [-0.05, 0) is 38.3 Å². The highest BCUT2D eigenvalue weighted by Crippen LogP contribution is 2.23. The second kappa shape index (κ2) is 6.25. The van der Waals surface area contributed by atoms with Gasteiger partial charge in [0.1, 0.15) is 0 Å². The number of aryl methyl sites for hydroxylation is 1. The van der Waals surface area contributed by atoms with Crippen molar-refractivity contribution >= 4 is 0 Å². The molecule has 1 aromatic carbocycles. The summed E-state index contributed by atoms with van der Waals surface area (Å²) < 4.78 is 5.90. The van der Waals surface area contributed by atoms with Crippen LogP contribution >= 0.6 is 0 Å². The number of hydrogen-bond donors (Lipinski definition) is 1. The van der Waals surface area contributed by atoms with E-state index in [1.807, 2.05) is 12.1 Å². The maximum Gasteiger partial charge on any atom is 0.0916 e. The average molecular weight is 277 g/mol. The van der Waals surface area contributed by atoms with Crippen molar-refractivity contribution in [3.63, 3.8) is 0 Å². The van der Waals surface area contributed by atoms with Crippen LogP contribution in [0.1, 0.15) is 44.9 Å². The summed E-state index contributed by atoms with van der Waals surface area (Å²) in [6.07, 6.45) is 0.821. The first-order chi connectivity index (χ1) is 9.39. The third-order valence-electron chi connectivity index (χ3n) is 3.84. The summed E-state index contributed by atoms with van der Waals surface area (Å²) in [6, 6.07) is 8.28. The summed E-state index contributed by atoms with van der Waals surface area (Å²) in [7, 11) is 0. The number of aliphatic hydroxyl groups excluding tert-OH is 1. The minimum absolute atomic E-state index is 0.135. The third kappa shape index (κ3) is 4.05. The number of ether oxygens (including phenoxy) is 1. The van der Waals surface area contributed by atoms with E-state index < -0.39 is 6.10 Å². The lowest BCUT2D eigenvalue weighted by Gasteiger charge is -2.42. The number of morpholine rings is 1. The van der Waals surface area contributed by atoms with Gasteiger partial charge in [-0.15, -0.1) is 0 Å². The molecule has 0 radical (unpaired) electrons. The van der Waals surface area contributed by atoms with E-state index in [-0.39, 0.29) is 11.7 Å². The lowest BCUT2D eigenvalue weighted by Crippen LogP contribution is -2.52. The van der Waals surface area contributed by atoms with Crippen molar-refractivity contribution in [1.29, 1.82) is 0 Å². The first-order valence-corrected chi connectivity index (χ1v) is 7.56. The van der Waals surface area contributed by atoms with Gasteiger partial charge in [0.15, 0.2) is 0 Å². The Morgan fingerprint density at radius 3 is 2.55 bits per heavy atom. The van der Waals surface area contributed by atoms with E-state index in [0.717, 1.165) is 25.1 Å². The Bertz CT molecular complexity index is 427. The lowest BCUT2D eigenvalue weighted by atomic mass is 10.0. The molecule has 0 saturated carbocycles. The van der Waals surface area contributed by atoms with Crippen molar-refractivity contribution < 1.29 is 9.84 Å². The van der Waals surface area contributed by atoms with E-state index in [4.69, 9.17) is 4.74 Å². The number of hydrogen-bond acceptors (Lipinski definition) is 3. The molecule has 1 fully saturated rings. The maximum absolute atomic E-state index is 10.4. The summed E-state index contributed by atoms with van der Waals surface area (Å²) in [4.78, 5) is 2.30. The largest absolute Gasteiger partial charge is 0.387 e. The van der Waals surface area contributed by atoms with Gasteiger partial charge < -0.3 is 9.84 Å². The van der Waals surface area contributed by atoms with Gasteiger partial charge in [-0.2, -0.15) is 0 Å². The first-order valence-electron chi connectivity index (χ1n) is 7.56. The maximum atomic E-state index is 10.4. The number of nitrogens with zero attached hydrogens (tertiary/aromatic N) is 1. The van der Waals surface area contributed by atoms with Crippen LogP contribution in [0.25, 0.3) is 0 Å². The van der Waals surface area contributed by atoms with E-state index in [2.05, 4.69) is 44.7 Å². The van der Waals surface area contributed by atoms with Crippen LogP contribution in [0, 0.1) is 0 Å². The molecule has 1 heterocycles. The molecule has 0 aromatic heterocycles. The molecule has 20 heavy (non-hydrogen) atoms. The molecule has 2 atom stereocenters. The first kappa shape index (κ1) is 15.5. The van der Waals surface area contributed by atoms with E-state index in [1.54, 1.807) is 0 Å². The molecule has 1 N–H and O–H groups in total. The summed E-state index contributed by atoms with van der Waals surface area (Å²) in [5, 5.41) is 10.4. The molecule has 2 unspecified atom stereocenters. The van der Waals surface area contributed by atoms with Crippen molar-refractivity contribution in [2.45, 2.75) is 51.9 Å². The predicted molar refractivity (Wildman–Crippen MR) is 81.8 cm³/mol. The average Bonchev–Trinajstić information content (AvgIpc) is 2.36. The van der Waals surface area contributed by atoms with Crippen LogP contribution in [0.15, 0.2) is 24.3 Å². The normalized spacial score (nSPS) is 24.6. The van der Waals surface area contributed by atoms with Crippen LogP contribution in [-0.4, -0.2) is 41.3 Å². The summed E-state index contributed by atoms with van der Waals surface area (Å²) in [6.45, 7) is 10.9. The SMILES string of the molecule is CCc1ccc(C(O)CN2CC(C)OC(C)(C)C2)cc1. The van der Waals surface area contributed by atoms with Gasteiger partial charge in [0.05, 0.1) is 17.8 Å². The van der Waals surface area contributed by atoms with Crippen molar-refractivity contribution in [3.8, 4) is 0 Å². The molecule has 0 aliphatic carbocycles. The molecule has 0 amide bonds. The minimum atomic E-state index is -0.429. The van der Waals surface area contributed by atoms with Gasteiger partial charge in [0.25, 0.3) is 0 Å². The summed E-state index contributed by atoms with van der Waals surface area (Å²) >= 11 is 0. The van der Waals surface area contributed by atoms with Gasteiger partial charge in [-0.25, -0.2) is 0 Å². The van der Waals surface area contributed by atoms with E-state index in [9.17, 15) is 5.11 Å². The van der Waals surface area contributed by atoms with Crippen LogP contribution in [0.2, 0.25) is 0 Å². The predicted octanol–water partition coefficient (Wildman–Crippen LogP) is 2.78.